The zero-order valence-corrected chi connectivity index (χ0v) is 14.4. The van der Waals surface area contributed by atoms with E-state index in [-0.39, 0.29) is 12.3 Å². The molecule has 1 aromatic carbocycles. The quantitative estimate of drug-likeness (QED) is 0.582. The van der Waals surface area contributed by atoms with Gasteiger partial charge in [-0.3, -0.25) is 9.89 Å². The Kier molecular flexibility index (Phi) is 3.40. The summed E-state index contributed by atoms with van der Waals surface area (Å²) in [5, 5.41) is 15.0. The van der Waals surface area contributed by atoms with Gasteiger partial charge in [0, 0.05) is 23.2 Å². The number of nitrogens with one attached hydrogen (secondary N) is 2. The van der Waals surface area contributed by atoms with Crippen molar-refractivity contribution >= 4 is 28.1 Å². The number of halogens is 1. The smallest absolute Gasteiger partial charge is 0.231 e. The summed E-state index contributed by atoms with van der Waals surface area (Å²) in [5.41, 5.74) is 3.58. The predicted octanol–water partition coefficient (Wildman–Crippen LogP) is 3.18. The van der Waals surface area contributed by atoms with Crippen molar-refractivity contribution in [3.05, 3.63) is 42.7 Å². The Morgan fingerprint density at radius 2 is 2.22 bits per heavy atom. The molecule has 1 aliphatic rings. The Morgan fingerprint density at radius 1 is 1.37 bits per heavy atom. The first kappa shape index (κ1) is 15.8. The number of aromatic nitrogens is 4. The third kappa shape index (κ3) is 2.61. The van der Waals surface area contributed by atoms with E-state index in [1.165, 1.54) is 0 Å². The minimum Gasteiger partial charge on any atom is -0.496 e. The van der Waals surface area contributed by atoms with Crippen LogP contribution < -0.4 is 10.1 Å². The third-order valence-corrected chi connectivity index (χ3v) is 4.86. The normalized spacial score (nSPS) is 18.7. The highest BCUT2D eigenvalue weighted by Crippen LogP contribution is 2.37. The average Bonchev–Trinajstić information content (AvgIpc) is 3.07. The van der Waals surface area contributed by atoms with Gasteiger partial charge in [0.25, 0.3) is 0 Å². The summed E-state index contributed by atoms with van der Waals surface area (Å²) < 4.78 is 20.2. The number of aromatic amines is 1. The van der Waals surface area contributed by atoms with E-state index in [4.69, 9.17) is 4.74 Å². The van der Waals surface area contributed by atoms with Gasteiger partial charge in [0.1, 0.15) is 11.9 Å². The lowest BCUT2D eigenvalue weighted by molar-refractivity contribution is -0.117. The number of benzene rings is 1. The second-order valence-electron chi connectivity index (χ2n) is 6.64. The number of rotatable bonds is 4. The van der Waals surface area contributed by atoms with Crippen LogP contribution in [-0.2, 0) is 4.79 Å². The van der Waals surface area contributed by atoms with Gasteiger partial charge in [-0.2, -0.15) is 10.2 Å². The fraction of sp³-hybridized carbons (Fsp3) is 0.211. The summed E-state index contributed by atoms with van der Waals surface area (Å²) in [6, 6.07) is 9.46. The molecule has 0 aliphatic heterocycles. The van der Waals surface area contributed by atoms with Gasteiger partial charge < -0.3 is 10.1 Å². The molecule has 8 heteroatoms. The number of methoxy groups -OCH3 is 1. The number of amides is 1. The zero-order valence-electron chi connectivity index (χ0n) is 14.4. The molecule has 0 radical (unpaired) electrons. The molecule has 136 valence electrons. The van der Waals surface area contributed by atoms with Gasteiger partial charge in [0.15, 0.2) is 5.82 Å². The fourth-order valence-electron chi connectivity index (χ4n) is 3.33. The summed E-state index contributed by atoms with van der Waals surface area (Å²) in [5.74, 6) is 0.276. The second-order valence-corrected chi connectivity index (χ2v) is 6.64. The molecule has 5 rings (SSSR count). The van der Waals surface area contributed by atoms with Gasteiger partial charge >= 0.3 is 0 Å². The van der Waals surface area contributed by atoms with Crippen molar-refractivity contribution in [2.24, 2.45) is 5.92 Å². The van der Waals surface area contributed by atoms with Crippen LogP contribution in [-0.4, -0.2) is 39.0 Å². The monoisotopic (exact) mass is 365 g/mol. The molecule has 4 aromatic rings. The first-order valence-corrected chi connectivity index (χ1v) is 8.59. The van der Waals surface area contributed by atoms with Crippen LogP contribution in [0.3, 0.4) is 0 Å². The summed E-state index contributed by atoms with van der Waals surface area (Å²) in [4.78, 5) is 11.9. The van der Waals surface area contributed by atoms with Crippen LogP contribution in [0.2, 0.25) is 0 Å². The van der Waals surface area contributed by atoms with Crippen LogP contribution in [0.4, 0.5) is 10.2 Å². The van der Waals surface area contributed by atoms with Crippen LogP contribution in [0.15, 0.2) is 42.7 Å². The summed E-state index contributed by atoms with van der Waals surface area (Å²) in [6.07, 6.45) is 2.84. The molecule has 3 heterocycles. The highest BCUT2D eigenvalue weighted by atomic mass is 19.1. The van der Waals surface area contributed by atoms with Crippen molar-refractivity contribution in [2.45, 2.75) is 12.6 Å². The molecule has 1 aliphatic carbocycles. The van der Waals surface area contributed by atoms with Gasteiger partial charge in [-0.25, -0.2) is 8.91 Å². The van der Waals surface area contributed by atoms with Crippen molar-refractivity contribution in [1.29, 1.82) is 0 Å². The Labute approximate surface area is 153 Å². The minimum absolute atomic E-state index is 0.290. The van der Waals surface area contributed by atoms with Crippen molar-refractivity contribution in [2.75, 3.05) is 12.4 Å². The van der Waals surface area contributed by atoms with E-state index >= 15 is 0 Å². The van der Waals surface area contributed by atoms with Crippen molar-refractivity contribution < 1.29 is 13.9 Å². The molecule has 0 bridgehead atoms. The Morgan fingerprint density at radius 3 is 3.00 bits per heavy atom. The lowest BCUT2D eigenvalue weighted by atomic mass is 10.0. The lowest BCUT2D eigenvalue weighted by Crippen LogP contribution is -2.15. The SMILES string of the molecule is COc1ccc2[nH]ncc2c1-c1ccn2nc(NC(=O)[C@@H]3C[C@@H]3F)cc2c1. The maximum absolute atomic E-state index is 13.0. The first-order chi connectivity index (χ1) is 13.1. The van der Waals surface area contributed by atoms with Gasteiger partial charge in [-0.05, 0) is 36.2 Å². The lowest BCUT2D eigenvalue weighted by Gasteiger charge is -2.10. The molecule has 0 saturated heterocycles. The molecule has 7 nitrogen and oxygen atoms in total. The van der Waals surface area contributed by atoms with Crippen LogP contribution in [0, 0.1) is 5.92 Å². The molecule has 2 atom stereocenters. The second kappa shape index (κ2) is 5.80. The molecule has 0 unspecified atom stereocenters. The molecule has 0 spiro atoms. The maximum Gasteiger partial charge on any atom is 0.231 e. The zero-order chi connectivity index (χ0) is 18.5. The third-order valence-electron chi connectivity index (χ3n) is 4.86. The number of pyridine rings is 1. The van der Waals surface area contributed by atoms with Crippen molar-refractivity contribution in [3.63, 3.8) is 0 Å². The highest BCUT2D eigenvalue weighted by Gasteiger charge is 2.43. The number of ether oxygens (including phenoxy) is 1. The molecule has 27 heavy (non-hydrogen) atoms. The Hall–Kier alpha value is -3.42. The van der Waals surface area contributed by atoms with E-state index in [0.717, 1.165) is 33.3 Å². The highest BCUT2D eigenvalue weighted by molar-refractivity contribution is 5.98. The van der Waals surface area contributed by atoms with E-state index in [2.05, 4.69) is 20.6 Å². The molecule has 2 N–H and O–H groups in total. The standard InChI is InChI=1S/C19H16FN5O2/c1-27-16-3-2-15-13(9-21-23-15)18(16)10-4-5-25-11(6-10)7-17(24-25)22-19(26)12-8-14(12)20/h2-7,9,12,14H,8H2,1H3,(H,21,23)(H,22,24,26)/t12-,14+/m1/s1. The van der Waals surface area contributed by atoms with Gasteiger partial charge in [0.2, 0.25) is 5.91 Å². The van der Waals surface area contributed by atoms with Gasteiger partial charge in [-0.15, -0.1) is 0 Å². The number of fused-ring (bicyclic) bond motifs is 2. The average molecular weight is 365 g/mol. The number of alkyl halides is 1. The van der Waals surface area contributed by atoms with Crippen LogP contribution in [0.5, 0.6) is 5.75 Å². The van der Waals surface area contributed by atoms with Crippen LogP contribution >= 0.6 is 0 Å². The van der Waals surface area contributed by atoms with Crippen LogP contribution in [0.25, 0.3) is 27.5 Å². The number of anilines is 1. The number of carbonyl (C=O) groups is 1. The Bertz CT molecular complexity index is 1180. The first-order valence-electron chi connectivity index (χ1n) is 8.59. The molecule has 1 saturated carbocycles. The number of nitrogens with zero attached hydrogens (tertiary/aromatic N) is 3. The molecule has 1 fully saturated rings. The van der Waals surface area contributed by atoms with E-state index in [9.17, 15) is 9.18 Å². The molecular weight excluding hydrogens is 349 g/mol. The molecule has 3 aromatic heterocycles. The van der Waals surface area contributed by atoms with Gasteiger partial charge in [-0.1, -0.05) is 0 Å². The number of carbonyl (C=O) groups excluding carboxylic acids is 1. The predicted molar refractivity (Wildman–Crippen MR) is 98.5 cm³/mol. The van der Waals surface area contributed by atoms with E-state index in [1.54, 1.807) is 23.9 Å². The summed E-state index contributed by atoms with van der Waals surface area (Å²) in [6.45, 7) is 0. The van der Waals surface area contributed by atoms with Crippen LogP contribution in [0.1, 0.15) is 6.42 Å². The largest absolute Gasteiger partial charge is 0.496 e. The summed E-state index contributed by atoms with van der Waals surface area (Å²) in [7, 11) is 1.63. The Balaban J connectivity index is 1.55. The minimum atomic E-state index is -1.03. The van der Waals surface area contributed by atoms with E-state index < -0.39 is 12.1 Å². The molecule has 1 amide bonds. The maximum atomic E-state index is 13.0. The fourth-order valence-corrected chi connectivity index (χ4v) is 3.33. The van der Waals surface area contributed by atoms with E-state index in [0.29, 0.717) is 5.82 Å². The number of hydrogen-bond acceptors (Lipinski definition) is 4. The van der Waals surface area contributed by atoms with Crippen molar-refractivity contribution in [1.82, 2.24) is 19.8 Å². The number of H-pyrrole nitrogens is 1. The van der Waals surface area contributed by atoms with Crippen molar-refractivity contribution in [3.8, 4) is 16.9 Å². The topological polar surface area (TPSA) is 84.3 Å². The summed E-state index contributed by atoms with van der Waals surface area (Å²) >= 11 is 0. The molecular formula is C19H16FN5O2. The van der Waals surface area contributed by atoms with E-state index in [1.807, 2.05) is 30.5 Å². The van der Waals surface area contributed by atoms with Gasteiger partial charge in [0.05, 0.1) is 30.3 Å². The number of hydrogen-bond donors (Lipinski definition) is 2.